The fraction of sp³-hybridized carbons (Fsp3) is 0.538. The first kappa shape index (κ1) is 13.3. The van der Waals surface area contributed by atoms with Crippen molar-refractivity contribution in [1.82, 2.24) is 4.90 Å². The third-order valence-corrected chi connectivity index (χ3v) is 4.23. The molecule has 0 spiro atoms. The van der Waals surface area contributed by atoms with Crippen molar-refractivity contribution in [2.24, 2.45) is 0 Å². The standard InChI is InChI=1S/C13H17BrClNO/c1-10-9-17-12(6-14)8-16(10)7-11-4-2-3-5-13(11)15/h2-5,10,12H,6-9H2,1H3. The molecule has 1 fully saturated rings. The number of hydrogen-bond acceptors (Lipinski definition) is 2. The van der Waals surface area contributed by atoms with E-state index in [0.29, 0.717) is 6.04 Å². The van der Waals surface area contributed by atoms with Crippen LogP contribution in [0.15, 0.2) is 24.3 Å². The summed E-state index contributed by atoms with van der Waals surface area (Å²) in [6, 6.07) is 8.49. The molecule has 0 bridgehead atoms. The maximum atomic E-state index is 6.19. The maximum Gasteiger partial charge on any atom is 0.0799 e. The monoisotopic (exact) mass is 317 g/mol. The Bertz CT molecular complexity index is 374. The van der Waals surface area contributed by atoms with E-state index in [1.54, 1.807) is 0 Å². The molecule has 0 N–H and O–H groups in total. The number of morpholine rings is 1. The topological polar surface area (TPSA) is 12.5 Å². The van der Waals surface area contributed by atoms with Crippen molar-refractivity contribution < 1.29 is 4.74 Å². The number of ether oxygens (including phenoxy) is 1. The van der Waals surface area contributed by atoms with Gasteiger partial charge in [-0.15, -0.1) is 0 Å². The van der Waals surface area contributed by atoms with Crippen LogP contribution in [-0.2, 0) is 11.3 Å². The van der Waals surface area contributed by atoms with E-state index in [1.165, 1.54) is 5.56 Å². The molecule has 0 saturated carbocycles. The highest BCUT2D eigenvalue weighted by atomic mass is 79.9. The Hall–Kier alpha value is -0.0900. The summed E-state index contributed by atoms with van der Waals surface area (Å²) in [7, 11) is 0. The van der Waals surface area contributed by atoms with E-state index in [2.05, 4.69) is 33.8 Å². The van der Waals surface area contributed by atoms with Crippen LogP contribution in [-0.4, -0.2) is 35.5 Å². The quantitative estimate of drug-likeness (QED) is 0.793. The van der Waals surface area contributed by atoms with Crippen LogP contribution >= 0.6 is 27.5 Å². The smallest absolute Gasteiger partial charge is 0.0799 e. The summed E-state index contributed by atoms with van der Waals surface area (Å²) >= 11 is 9.67. The first-order chi connectivity index (χ1) is 8.20. The Labute approximate surface area is 116 Å². The Morgan fingerprint density at radius 2 is 2.24 bits per heavy atom. The molecule has 0 radical (unpaired) electrons. The Morgan fingerprint density at radius 3 is 2.94 bits per heavy atom. The first-order valence-corrected chi connectivity index (χ1v) is 7.35. The highest BCUT2D eigenvalue weighted by Gasteiger charge is 2.25. The largest absolute Gasteiger partial charge is 0.374 e. The lowest BCUT2D eigenvalue weighted by Crippen LogP contribution is -2.48. The molecule has 0 aromatic heterocycles. The Morgan fingerprint density at radius 1 is 1.47 bits per heavy atom. The lowest BCUT2D eigenvalue weighted by Gasteiger charge is -2.37. The predicted molar refractivity (Wildman–Crippen MR) is 74.9 cm³/mol. The van der Waals surface area contributed by atoms with Crippen LogP contribution < -0.4 is 0 Å². The molecule has 2 nitrogen and oxygen atoms in total. The van der Waals surface area contributed by atoms with Gasteiger partial charge in [0.25, 0.3) is 0 Å². The zero-order chi connectivity index (χ0) is 12.3. The van der Waals surface area contributed by atoms with E-state index < -0.39 is 0 Å². The predicted octanol–water partition coefficient (Wildman–Crippen LogP) is 3.32. The molecule has 4 heteroatoms. The number of rotatable bonds is 3. The molecule has 2 rings (SSSR count). The van der Waals surface area contributed by atoms with Crippen LogP contribution in [0.5, 0.6) is 0 Å². The molecule has 1 saturated heterocycles. The van der Waals surface area contributed by atoms with Gasteiger partial charge in [0.2, 0.25) is 0 Å². The molecule has 17 heavy (non-hydrogen) atoms. The highest BCUT2D eigenvalue weighted by molar-refractivity contribution is 9.09. The minimum atomic E-state index is 0.286. The van der Waals surface area contributed by atoms with Gasteiger partial charge >= 0.3 is 0 Å². The van der Waals surface area contributed by atoms with Gasteiger partial charge in [-0.2, -0.15) is 0 Å². The second-order valence-electron chi connectivity index (χ2n) is 4.48. The highest BCUT2D eigenvalue weighted by Crippen LogP contribution is 2.21. The van der Waals surface area contributed by atoms with Gasteiger partial charge in [-0.05, 0) is 18.6 Å². The minimum absolute atomic E-state index is 0.286. The normalized spacial score (nSPS) is 26.1. The van der Waals surface area contributed by atoms with Crippen molar-refractivity contribution >= 4 is 27.5 Å². The lowest BCUT2D eigenvalue weighted by atomic mass is 10.1. The summed E-state index contributed by atoms with van der Waals surface area (Å²) in [6.07, 6.45) is 0.286. The molecule has 1 aliphatic heterocycles. The van der Waals surface area contributed by atoms with Crippen molar-refractivity contribution in [3.05, 3.63) is 34.9 Å². The van der Waals surface area contributed by atoms with E-state index in [4.69, 9.17) is 16.3 Å². The second kappa shape index (κ2) is 6.19. The van der Waals surface area contributed by atoms with Gasteiger partial charge in [0.15, 0.2) is 0 Å². The molecular weight excluding hydrogens is 302 g/mol. The molecule has 1 aliphatic rings. The number of nitrogens with zero attached hydrogens (tertiary/aromatic N) is 1. The van der Waals surface area contributed by atoms with Gasteiger partial charge in [0, 0.05) is 29.5 Å². The zero-order valence-corrected chi connectivity index (χ0v) is 12.2. The van der Waals surface area contributed by atoms with Crippen LogP contribution in [0.2, 0.25) is 5.02 Å². The van der Waals surface area contributed by atoms with Gasteiger partial charge in [0.05, 0.1) is 12.7 Å². The number of halogens is 2. The average molecular weight is 319 g/mol. The van der Waals surface area contributed by atoms with E-state index in [-0.39, 0.29) is 6.10 Å². The summed E-state index contributed by atoms with van der Waals surface area (Å²) in [5, 5.41) is 1.74. The van der Waals surface area contributed by atoms with Crippen molar-refractivity contribution in [3.8, 4) is 0 Å². The van der Waals surface area contributed by atoms with E-state index in [1.807, 2.05) is 18.2 Å². The fourth-order valence-corrected chi connectivity index (χ4v) is 2.62. The summed E-state index contributed by atoms with van der Waals surface area (Å²) in [5.41, 5.74) is 1.19. The van der Waals surface area contributed by atoms with Gasteiger partial charge < -0.3 is 4.74 Å². The zero-order valence-electron chi connectivity index (χ0n) is 9.90. The maximum absolute atomic E-state index is 6.19. The van der Waals surface area contributed by atoms with Crippen LogP contribution in [0.1, 0.15) is 12.5 Å². The Kier molecular flexibility index (Phi) is 4.86. The SMILES string of the molecule is CC1COC(CBr)CN1Cc1ccccc1Cl. The molecule has 1 aromatic rings. The minimum Gasteiger partial charge on any atom is -0.374 e. The van der Waals surface area contributed by atoms with Crippen molar-refractivity contribution in [2.75, 3.05) is 18.5 Å². The second-order valence-corrected chi connectivity index (χ2v) is 5.53. The van der Waals surface area contributed by atoms with Crippen LogP contribution in [0.3, 0.4) is 0 Å². The van der Waals surface area contributed by atoms with E-state index >= 15 is 0 Å². The lowest BCUT2D eigenvalue weighted by molar-refractivity contribution is -0.0499. The van der Waals surface area contributed by atoms with Crippen molar-refractivity contribution in [2.45, 2.75) is 25.6 Å². The molecular formula is C13H17BrClNO. The third-order valence-electron chi connectivity index (χ3n) is 3.14. The Balaban J connectivity index is 2.04. The number of hydrogen-bond donors (Lipinski definition) is 0. The van der Waals surface area contributed by atoms with Crippen molar-refractivity contribution in [1.29, 1.82) is 0 Å². The summed E-state index contributed by atoms with van der Waals surface area (Å²) in [5.74, 6) is 0. The molecule has 0 amide bonds. The molecule has 2 unspecified atom stereocenters. The van der Waals surface area contributed by atoms with Crippen LogP contribution in [0.4, 0.5) is 0 Å². The summed E-state index contributed by atoms with van der Waals surface area (Å²) < 4.78 is 5.72. The molecule has 94 valence electrons. The number of alkyl halides is 1. The molecule has 1 heterocycles. The first-order valence-electron chi connectivity index (χ1n) is 5.85. The molecule has 1 aromatic carbocycles. The van der Waals surface area contributed by atoms with Gasteiger partial charge in [-0.1, -0.05) is 45.7 Å². The van der Waals surface area contributed by atoms with Gasteiger partial charge in [0.1, 0.15) is 0 Å². The van der Waals surface area contributed by atoms with Crippen LogP contribution in [0.25, 0.3) is 0 Å². The third kappa shape index (κ3) is 3.44. The van der Waals surface area contributed by atoms with Gasteiger partial charge in [-0.25, -0.2) is 0 Å². The van der Waals surface area contributed by atoms with Crippen molar-refractivity contribution in [3.63, 3.8) is 0 Å². The number of benzene rings is 1. The van der Waals surface area contributed by atoms with Gasteiger partial charge in [-0.3, -0.25) is 4.90 Å². The van der Waals surface area contributed by atoms with Crippen LogP contribution in [0, 0.1) is 0 Å². The average Bonchev–Trinajstić information content (AvgIpc) is 2.35. The summed E-state index contributed by atoms with van der Waals surface area (Å²) in [4.78, 5) is 2.43. The fourth-order valence-electron chi connectivity index (χ4n) is 2.03. The molecule has 2 atom stereocenters. The molecule has 0 aliphatic carbocycles. The van der Waals surface area contributed by atoms with E-state index in [0.717, 1.165) is 30.0 Å². The summed E-state index contributed by atoms with van der Waals surface area (Å²) in [6.45, 7) is 4.84. The van der Waals surface area contributed by atoms with E-state index in [9.17, 15) is 0 Å².